The van der Waals surface area contributed by atoms with E-state index in [0.29, 0.717) is 11.1 Å². The van der Waals surface area contributed by atoms with Crippen molar-refractivity contribution in [2.75, 3.05) is 14.2 Å². The summed E-state index contributed by atoms with van der Waals surface area (Å²) in [5.41, 5.74) is 0.698. The zero-order valence-electron chi connectivity index (χ0n) is 23.9. The number of ether oxygens (including phenoxy) is 2. The van der Waals surface area contributed by atoms with Crippen LogP contribution in [0.15, 0.2) is 106 Å². The second-order valence-corrected chi connectivity index (χ2v) is 13.6. The summed E-state index contributed by atoms with van der Waals surface area (Å²) in [6.45, 7) is 0. The van der Waals surface area contributed by atoms with Gasteiger partial charge in [0.05, 0.1) is 24.1 Å². The number of hydrogen-bond donors (Lipinski definition) is 0. The smallest absolute Gasteiger partial charge is 0.270 e. The Labute approximate surface area is 276 Å². The van der Waals surface area contributed by atoms with Crippen LogP contribution >= 0.6 is 31.9 Å². The Balaban J connectivity index is 2.01. The highest BCUT2D eigenvalue weighted by Gasteiger charge is 2.38. The fourth-order valence-corrected chi connectivity index (χ4v) is 7.11. The summed E-state index contributed by atoms with van der Waals surface area (Å²) < 4.78 is 42.4. The van der Waals surface area contributed by atoms with Gasteiger partial charge >= 0.3 is 0 Å². The Kier molecular flexibility index (Phi) is 10.9. The molecule has 0 spiro atoms. The topological polar surface area (TPSA) is 139 Å². The van der Waals surface area contributed by atoms with Crippen molar-refractivity contribution in [3.05, 3.63) is 149 Å². The van der Waals surface area contributed by atoms with Gasteiger partial charge in [-0.1, -0.05) is 80.4 Å². The molecule has 0 saturated heterocycles. The Morgan fingerprint density at radius 3 is 1.31 bits per heavy atom. The molecule has 10 nitrogen and oxygen atoms in total. The van der Waals surface area contributed by atoms with Gasteiger partial charge in [-0.05, 0) is 47.5 Å². The third-order valence-electron chi connectivity index (χ3n) is 6.84. The van der Waals surface area contributed by atoms with Gasteiger partial charge in [-0.3, -0.25) is 20.2 Å². The molecule has 0 saturated carbocycles. The van der Waals surface area contributed by atoms with Gasteiger partial charge in [0.25, 0.3) is 11.4 Å². The Morgan fingerprint density at radius 1 is 0.644 bits per heavy atom. The van der Waals surface area contributed by atoms with Crippen molar-refractivity contribution in [1.82, 2.24) is 0 Å². The van der Waals surface area contributed by atoms with Crippen molar-refractivity contribution in [3.63, 3.8) is 0 Å². The van der Waals surface area contributed by atoms with Crippen LogP contribution in [0.25, 0.3) is 12.2 Å². The summed E-state index contributed by atoms with van der Waals surface area (Å²) in [7, 11) is -1.80. The van der Waals surface area contributed by atoms with E-state index in [9.17, 15) is 28.6 Å². The van der Waals surface area contributed by atoms with Crippen LogP contribution in [0.5, 0.6) is 11.5 Å². The minimum atomic E-state index is -4.47. The van der Waals surface area contributed by atoms with E-state index in [1.54, 1.807) is 60.7 Å². The fraction of sp³-hybridized carbons (Fsp3) is 0.125. The normalized spacial score (nSPS) is 13.1. The highest BCUT2D eigenvalue weighted by Crippen LogP contribution is 2.44. The molecule has 2 unspecified atom stereocenters. The number of nitro groups is 2. The second kappa shape index (κ2) is 14.6. The van der Waals surface area contributed by atoms with Gasteiger partial charge in [0.1, 0.15) is 22.0 Å². The SMILES string of the molecule is COc1ccc([N+](=O)[O-])cc1C(/C=C/c1ccc(Br)cc1)S(=O)(=O)C(/C=C/c1ccc(Br)cc1)c1cc([N+](=O)[O-])ccc1OC. The molecule has 0 fully saturated rings. The molecule has 232 valence electrons. The number of halogens is 2. The lowest BCUT2D eigenvalue weighted by molar-refractivity contribution is -0.385. The van der Waals surface area contributed by atoms with Gasteiger partial charge in [0.2, 0.25) is 0 Å². The van der Waals surface area contributed by atoms with Crippen LogP contribution in [0.2, 0.25) is 0 Å². The van der Waals surface area contributed by atoms with Crippen LogP contribution in [0.3, 0.4) is 0 Å². The summed E-state index contributed by atoms with van der Waals surface area (Å²) in [5, 5.41) is 20.5. The largest absolute Gasteiger partial charge is 0.496 e. The molecule has 0 aliphatic carbocycles. The average Bonchev–Trinajstić information content (AvgIpc) is 3.02. The highest BCUT2D eigenvalue weighted by molar-refractivity contribution is 9.10. The third-order valence-corrected chi connectivity index (χ3v) is 10.1. The van der Waals surface area contributed by atoms with E-state index in [1.165, 1.54) is 50.6 Å². The zero-order valence-corrected chi connectivity index (χ0v) is 27.9. The van der Waals surface area contributed by atoms with Gasteiger partial charge in [-0.2, -0.15) is 0 Å². The van der Waals surface area contributed by atoms with Crippen molar-refractivity contribution < 1.29 is 27.7 Å². The Bertz CT molecular complexity index is 1750. The molecule has 0 amide bonds. The number of rotatable bonds is 12. The number of benzene rings is 4. The summed E-state index contributed by atoms with van der Waals surface area (Å²) in [6, 6.07) is 21.7. The maximum Gasteiger partial charge on any atom is 0.270 e. The monoisotopic (exact) mass is 756 g/mol. The highest BCUT2D eigenvalue weighted by atomic mass is 79.9. The molecule has 0 heterocycles. The van der Waals surface area contributed by atoms with E-state index in [0.717, 1.165) is 21.1 Å². The standard InChI is InChI=1S/C32H26Br2N2O8S/c1-43-29-15-13-25(35(37)38)19-27(29)31(17-7-21-3-9-23(33)10-4-21)45(41,42)32(18-8-22-5-11-24(34)12-6-22)28-20-26(36(39)40)14-16-30(28)44-2/h3-20,31-32H,1-2H3/b17-7+,18-8+. The number of nitrogens with zero attached hydrogens (tertiary/aromatic N) is 2. The molecule has 0 bridgehead atoms. The molecule has 0 aliphatic heterocycles. The minimum Gasteiger partial charge on any atom is -0.496 e. The molecular formula is C32H26Br2N2O8S. The van der Waals surface area contributed by atoms with E-state index in [1.807, 2.05) is 0 Å². The van der Waals surface area contributed by atoms with Gasteiger partial charge < -0.3 is 9.47 Å². The van der Waals surface area contributed by atoms with Crippen molar-refractivity contribution in [3.8, 4) is 11.5 Å². The lowest BCUT2D eigenvalue weighted by Gasteiger charge is -2.24. The number of sulfone groups is 1. The van der Waals surface area contributed by atoms with E-state index in [-0.39, 0.29) is 34.0 Å². The number of non-ortho nitro benzene ring substituents is 2. The maximum absolute atomic E-state index is 14.9. The summed E-state index contributed by atoms with van der Waals surface area (Å²) in [4.78, 5) is 22.3. The molecule has 0 radical (unpaired) electrons. The first-order valence-corrected chi connectivity index (χ1v) is 16.4. The van der Waals surface area contributed by atoms with Crippen LogP contribution in [-0.4, -0.2) is 32.5 Å². The summed E-state index contributed by atoms with van der Waals surface area (Å²) >= 11 is 6.76. The Morgan fingerprint density at radius 2 is 1.00 bits per heavy atom. The molecular weight excluding hydrogens is 732 g/mol. The molecule has 45 heavy (non-hydrogen) atoms. The molecule has 4 rings (SSSR count). The average molecular weight is 758 g/mol. The van der Waals surface area contributed by atoms with Crippen LogP contribution < -0.4 is 9.47 Å². The molecule has 0 aromatic heterocycles. The van der Waals surface area contributed by atoms with Crippen molar-refractivity contribution in [2.24, 2.45) is 0 Å². The lowest BCUT2D eigenvalue weighted by atomic mass is 10.1. The predicted octanol–water partition coefficient (Wildman–Crippen LogP) is 8.67. The minimum absolute atomic E-state index is 0.0199. The summed E-state index contributed by atoms with van der Waals surface area (Å²) in [6.07, 6.45) is 6.02. The molecule has 0 N–H and O–H groups in total. The predicted molar refractivity (Wildman–Crippen MR) is 180 cm³/mol. The van der Waals surface area contributed by atoms with E-state index in [4.69, 9.17) is 9.47 Å². The molecule has 13 heteroatoms. The van der Waals surface area contributed by atoms with Gasteiger partial charge in [-0.15, -0.1) is 0 Å². The van der Waals surface area contributed by atoms with Gasteiger partial charge in [0.15, 0.2) is 9.84 Å². The first-order valence-electron chi connectivity index (χ1n) is 13.2. The summed E-state index contributed by atoms with van der Waals surface area (Å²) in [5.74, 6) is 0.215. The maximum atomic E-state index is 14.9. The van der Waals surface area contributed by atoms with Crippen LogP contribution in [0.4, 0.5) is 11.4 Å². The van der Waals surface area contributed by atoms with E-state index >= 15 is 0 Å². The number of hydrogen-bond acceptors (Lipinski definition) is 8. The van der Waals surface area contributed by atoms with Crippen LogP contribution in [0.1, 0.15) is 32.8 Å². The van der Waals surface area contributed by atoms with Crippen LogP contribution in [0, 0.1) is 20.2 Å². The van der Waals surface area contributed by atoms with Crippen molar-refractivity contribution in [1.29, 1.82) is 0 Å². The zero-order chi connectivity index (χ0) is 32.7. The van der Waals surface area contributed by atoms with Gasteiger partial charge in [-0.25, -0.2) is 8.42 Å². The van der Waals surface area contributed by atoms with E-state index < -0.39 is 30.2 Å². The molecule has 4 aromatic rings. The number of methoxy groups -OCH3 is 2. The number of nitro benzene ring substituents is 2. The van der Waals surface area contributed by atoms with Crippen molar-refractivity contribution >= 4 is 65.2 Å². The van der Waals surface area contributed by atoms with Crippen molar-refractivity contribution in [2.45, 2.75) is 10.5 Å². The van der Waals surface area contributed by atoms with E-state index in [2.05, 4.69) is 31.9 Å². The first-order chi connectivity index (χ1) is 21.4. The molecule has 4 aromatic carbocycles. The first kappa shape index (κ1) is 33.6. The molecule has 0 aliphatic rings. The third kappa shape index (κ3) is 8.04. The quantitative estimate of drug-likeness (QED) is 0.103. The fourth-order valence-electron chi connectivity index (χ4n) is 4.60. The second-order valence-electron chi connectivity index (χ2n) is 9.62. The lowest BCUT2D eigenvalue weighted by Crippen LogP contribution is -2.20. The van der Waals surface area contributed by atoms with Crippen LogP contribution in [-0.2, 0) is 9.84 Å². The Hall–Kier alpha value is -4.33. The van der Waals surface area contributed by atoms with Gasteiger partial charge in [0, 0.05) is 44.3 Å². The molecule has 2 atom stereocenters.